The van der Waals surface area contributed by atoms with Crippen LogP contribution >= 0.6 is 0 Å². The number of pyridine rings is 2. The number of piperazine rings is 1. The Hall–Kier alpha value is -4.44. The zero-order chi connectivity index (χ0) is 32.1. The molecule has 9 nitrogen and oxygen atoms in total. The first kappa shape index (κ1) is 30.2. The third kappa shape index (κ3) is 5.38. The number of anilines is 4. The van der Waals surface area contributed by atoms with E-state index in [0.717, 1.165) is 56.6 Å². The lowest BCUT2D eigenvalue weighted by molar-refractivity contribution is 0.0964. The Bertz CT molecular complexity index is 1860. The first-order chi connectivity index (χ1) is 22.2. The third-order valence-corrected chi connectivity index (χ3v) is 9.92. The summed E-state index contributed by atoms with van der Waals surface area (Å²) in [4.78, 5) is 38.2. The number of benzene rings is 1. The van der Waals surface area contributed by atoms with Crippen LogP contribution in [0.15, 0.2) is 53.6 Å². The molecule has 4 aromatic rings. The topological polar surface area (TPSA) is 78.6 Å². The highest BCUT2D eigenvalue weighted by Gasteiger charge is 2.32. The lowest BCUT2D eigenvalue weighted by Crippen LogP contribution is -2.50. The lowest BCUT2D eigenvalue weighted by atomic mass is 9.95. The van der Waals surface area contributed by atoms with E-state index in [1.807, 2.05) is 31.3 Å². The second kappa shape index (κ2) is 12.1. The minimum absolute atomic E-state index is 0.0878. The smallest absolute Gasteiger partial charge is 0.274 e. The third-order valence-electron chi connectivity index (χ3n) is 9.92. The molecule has 0 saturated carbocycles. The molecule has 46 heavy (non-hydrogen) atoms. The molecule has 3 aromatic heterocycles. The average molecular weight is 624 g/mol. The van der Waals surface area contributed by atoms with Gasteiger partial charge < -0.3 is 29.2 Å². The number of fused-ring (bicyclic) bond motifs is 3. The van der Waals surface area contributed by atoms with Gasteiger partial charge in [-0.1, -0.05) is 6.92 Å². The molecule has 1 N–H and O–H groups in total. The number of rotatable bonds is 6. The molecular weight excluding hydrogens is 581 g/mol. The Morgan fingerprint density at radius 1 is 1.00 bits per heavy atom. The fraction of sp³-hybridized carbons (Fsp3) is 0.417. The quantitative estimate of drug-likeness (QED) is 0.311. The Labute approximate surface area is 269 Å². The molecule has 1 aliphatic carbocycles. The number of hydrogen-bond acceptors (Lipinski definition) is 6. The molecule has 1 amide bonds. The minimum atomic E-state index is -0.422. The molecule has 3 aliphatic rings. The lowest BCUT2D eigenvalue weighted by Gasteiger charge is -2.39. The van der Waals surface area contributed by atoms with Crippen molar-refractivity contribution in [3.8, 4) is 11.1 Å². The van der Waals surface area contributed by atoms with E-state index in [-0.39, 0.29) is 11.5 Å². The molecule has 10 heteroatoms. The number of likely N-dealkylation sites (N-methyl/N-ethyl adjacent to an activating group) is 1. The van der Waals surface area contributed by atoms with Crippen molar-refractivity contribution in [3.63, 3.8) is 0 Å². The molecule has 240 valence electrons. The zero-order valence-electron chi connectivity index (χ0n) is 27.1. The van der Waals surface area contributed by atoms with Gasteiger partial charge in [-0.05, 0) is 99.2 Å². The van der Waals surface area contributed by atoms with Gasteiger partial charge in [0.15, 0.2) is 0 Å². The van der Waals surface area contributed by atoms with Crippen molar-refractivity contribution in [2.24, 2.45) is 7.05 Å². The van der Waals surface area contributed by atoms with Crippen molar-refractivity contribution < 1.29 is 9.18 Å². The van der Waals surface area contributed by atoms with E-state index in [1.54, 1.807) is 24.2 Å². The second-order valence-corrected chi connectivity index (χ2v) is 13.0. The molecule has 1 aromatic carbocycles. The largest absolute Gasteiger partial charge is 0.365 e. The monoisotopic (exact) mass is 623 g/mol. The van der Waals surface area contributed by atoms with Crippen LogP contribution in [-0.4, -0.2) is 64.2 Å². The van der Waals surface area contributed by atoms with Crippen molar-refractivity contribution in [1.82, 2.24) is 19.0 Å². The summed E-state index contributed by atoms with van der Waals surface area (Å²) in [5.41, 5.74) is 7.24. The van der Waals surface area contributed by atoms with Crippen LogP contribution in [0, 0.1) is 5.82 Å². The number of nitrogens with one attached hydrogen (secondary N) is 1. The van der Waals surface area contributed by atoms with Crippen molar-refractivity contribution in [2.75, 3.05) is 48.3 Å². The van der Waals surface area contributed by atoms with Crippen LogP contribution < -0.4 is 20.7 Å². The predicted octanol–water partition coefficient (Wildman–Crippen LogP) is 5.37. The molecule has 0 radical (unpaired) electrons. The maximum absolute atomic E-state index is 15.4. The van der Waals surface area contributed by atoms with Crippen LogP contribution in [0.2, 0.25) is 0 Å². The van der Waals surface area contributed by atoms with E-state index < -0.39 is 5.82 Å². The van der Waals surface area contributed by atoms with Crippen LogP contribution in [0.4, 0.5) is 27.3 Å². The van der Waals surface area contributed by atoms with Crippen LogP contribution in [0.1, 0.15) is 54.0 Å². The van der Waals surface area contributed by atoms with Crippen molar-refractivity contribution in [3.05, 3.63) is 87.5 Å². The molecule has 0 unspecified atom stereocenters. The molecule has 7 rings (SSSR count). The molecule has 0 bridgehead atoms. The number of amides is 1. The average Bonchev–Trinajstić information content (AvgIpc) is 3.43. The first-order valence-corrected chi connectivity index (χ1v) is 16.5. The Kier molecular flexibility index (Phi) is 7.92. The summed E-state index contributed by atoms with van der Waals surface area (Å²) in [5.74, 6) is 0.0456. The van der Waals surface area contributed by atoms with Crippen molar-refractivity contribution in [2.45, 2.75) is 58.5 Å². The number of carbonyl (C=O) groups excluding carboxylic acids is 1. The fourth-order valence-corrected chi connectivity index (χ4v) is 7.60. The van der Waals surface area contributed by atoms with Crippen LogP contribution in [0.25, 0.3) is 11.1 Å². The van der Waals surface area contributed by atoms with Crippen molar-refractivity contribution >= 4 is 28.8 Å². The normalized spacial score (nSPS) is 18.5. The number of carbonyl (C=O) groups is 1. The highest BCUT2D eigenvalue weighted by molar-refractivity contribution is 6.07. The fourth-order valence-electron chi connectivity index (χ4n) is 7.60. The Morgan fingerprint density at radius 2 is 1.83 bits per heavy atom. The molecule has 0 spiro atoms. The molecule has 5 heterocycles. The van der Waals surface area contributed by atoms with Gasteiger partial charge in [-0.15, -0.1) is 0 Å². The number of aryl methyl sites for hydroxylation is 2. The van der Waals surface area contributed by atoms with E-state index in [0.29, 0.717) is 59.6 Å². The highest BCUT2D eigenvalue weighted by Crippen LogP contribution is 2.37. The molecule has 2 aliphatic heterocycles. The van der Waals surface area contributed by atoms with Gasteiger partial charge in [0, 0.05) is 63.3 Å². The summed E-state index contributed by atoms with van der Waals surface area (Å²) in [5, 5.41) is 3.21. The van der Waals surface area contributed by atoms with E-state index >= 15 is 4.39 Å². The van der Waals surface area contributed by atoms with Gasteiger partial charge in [0.25, 0.3) is 11.5 Å². The van der Waals surface area contributed by atoms with Crippen LogP contribution in [-0.2, 0) is 32.9 Å². The first-order valence-electron chi connectivity index (χ1n) is 16.5. The second-order valence-electron chi connectivity index (χ2n) is 13.0. The van der Waals surface area contributed by atoms with Gasteiger partial charge in [0.05, 0.1) is 17.6 Å². The maximum atomic E-state index is 15.4. The van der Waals surface area contributed by atoms with E-state index in [9.17, 15) is 9.59 Å². The summed E-state index contributed by atoms with van der Waals surface area (Å²) in [6, 6.07) is 11.1. The Morgan fingerprint density at radius 3 is 2.59 bits per heavy atom. The van der Waals surface area contributed by atoms with E-state index in [4.69, 9.17) is 0 Å². The number of aromatic nitrogens is 3. The summed E-state index contributed by atoms with van der Waals surface area (Å²) < 4.78 is 19.1. The number of hydrogen-bond donors (Lipinski definition) is 1. The maximum Gasteiger partial charge on any atom is 0.274 e. The Balaban J connectivity index is 1.20. The van der Waals surface area contributed by atoms with Gasteiger partial charge in [-0.2, -0.15) is 0 Å². The zero-order valence-corrected chi connectivity index (χ0v) is 27.1. The van der Waals surface area contributed by atoms with Gasteiger partial charge >= 0.3 is 0 Å². The minimum Gasteiger partial charge on any atom is -0.365 e. The standard InChI is InChI=1S/C36H42FN7O2/c1-5-28-29(18-26(37)19-32(28)44-15-14-43-31-9-7-6-8-24(31)17-33(43)36(44)46)25-16-30(35(45)41(4)22-25)39-34-11-10-27(20-38-34)42-13-12-40(3)21-23(42)2/h10-11,16-20,22-23H,5-9,12-15,21H2,1-4H3,(H,38,39)/t23-/m1/s1. The molecule has 1 fully saturated rings. The van der Waals surface area contributed by atoms with E-state index in [1.165, 1.54) is 28.0 Å². The van der Waals surface area contributed by atoms with E-state index in [2.05, 4.69) is 38.6 Å². The summed E-state index contributed by atoms with van der Waals surface area (Å²) in [7, 11) is 3.83. The number of halogens is 1. The van der Waals surface area contributed by atoms with Gasteiger partial charge in [0.2, 0.25) is 0 Å². The van der Waals surface area contributed by atoms with Crippen LogP contribution in [0.5, 0.6) is 0 Å². The van der Waals surface area contributed by atoms with Gasteiger partial charge in [0.1, 0.15) is 23.0 Å². The summed E-state index contributed by atoms with van der Waals surface area (Å²) in [6.45, 7) is 8.33. The number of nitrogens with zero attached hydrogens (tertiary/aromatic N) is 6. The SMILES string of the molecule is CCc1c(-c2cc(Nc3ccc(N4CCN(C)C[C@H]4C)cn3)c(=O)n(C)c2)cc(F)cc1N1CCn2c(cc3c2CCCC3)C1=O. The highest BCUT2D eigenvalue weighted by atomic mass is 19.1. The summed E-state index contributed by atoms with van der Waals surface area (Å²) in [6.07, 6.45) is 8.47. The van der Waals surface area contributed by atoms with Crippen molar-refractivity contribution in [1.29, 1.82) is 0 Å². The molecule has 1 atom stereocenters. The molecular formula is C36H42FN7O2. The van der Waals surface area contributed by atoms with Crippen LogP contribution in [0.3, 0.4) is 0 Å². The molecule has 1 saturated heterocycles. The van der Waals surface area contributed by atoms with Gasteiger partial charge in [-0.25, -0.2) is 9.37 Å². The van der Waals surface area contributed by atoms with Gasteiger partial charge in [-0.3, -0.25) is 9.59 Å². The summed E-state index contributed by atoms with van der Waals surface area (Å²) >= 11 is 0. The predicted molar refractivity (Wildman–Crippen MR) is 181 cm³/mol.